The second kappa shape index (κ2) is 3.85. The number of hydrogen-bond acceptors (Lipinski definition) is 5. The number of nitrogens with zero attached hydrogens (tertiary/aromatic N) is 2. The minimum absolute atomic E-state index is 0.129. The molecule has 82 valence electrons. The summed E-state index contributed by atoms with van der Waals surface area (Å²) in [5.41, 5.74) is -1.98. The minimum Gasteiger partial charge on any atom is -0.480 e. The van der Waals surface area contributed by atoms with E-state index in [-0.39, 0.29) is 11.2 Å². The molecular weight excluding hydrogens is 224 g/mol. The molecule has 0 radical (unpaired) electrons. The molecule has 0 bridgehead atoms. The van der Waals surface area contributed by atoms with Crippen LogP contribution in [-0.2, 0) is 4.79 Å². The number of carboxylic acids is 1. The van der Waals surface area contributed by atoms with Gasteiger partial charge in [-0.1, -0.05) is 0 Å². The molecule has 1 rings (SSSR count). The summed E-state index contributed by atoms with van der Waals surface area (Å²) in [5, 5.41) is 11.1. The van der Waals surface area contributed by atoms with Gasteiger partial charge in [0.2, 0.25) is 11.2 Å². The molecule has 0 spiro atoms. The monoisotopic (exact) mass is 232 g/mol. The highest BCUT2D eigenvalue weighted by Gasteiger charge is 2.27. The van der Waals surface area contributed by atoms with Gasteiger partial charge in [-0.05, 0) is 25.4 Å². The number of nitrogens with one attached hydrogen (secondary N) is 2. The summed E-state index contributed by atoms with van der Waals surface area (Å²) < 4.78 is 0. The maximum absolute atomic E-state index is 10.9. The third kappa shape index (κ3) is 2.91. The standard InChI is InChI=1S/C7H9ClN4O3/c1-7(2,3(13)14)12-5-9-4(8)10-6(15)11-5/h1-2H3,(H,13,14)(H2,9,10,11,12,15). The van der Waals surface area contributed by atoms with Crippen LogP contribution in [0.15, 0.2) is 4.79 Å². The number of halogens is 1. The van der Waals surface area contributed by atoms with Crippen LogP contribution in [0.25, 0.3) is 0 Å². The van der Waals surface area contributed by atoms with Gasteiger partial charge in [-0.25, -0.2) is 9.59 Å². The van der Waals surface area contributed by atoms with E-state index < -0.39 is 17.2 Å². The normalized spacial score (nSPS) is 11.1. The number of carbonyl (C=O) groups is 1. The van der Waals surface area contributed by atoms with Crippen LogP contribution in [0.4, 0.5) is 5.95 Å². The lowest BCUT2D eigenvalue weighted by atomic mass is 10.1. The Kier molecular flexibility index (Phi) is 2.94. The maximum atomic E-state index is 10.9. The Hall–Kier alpha value is -1.63. The van der Waals surface area contributed by atoms with Crippen LogP contribution in [-0.4, -0.2) is 31.6 Å². The van der Waals surface area contributed by atoms with Gasteiger partial charge in [-0.2, -0.15) is 9.97 Å². The van der Waals surface area contributed by atoms with E-state index in [9.17, 15) is 9.59 Å². The number of rotatable bonds is 3. The quantitative estimate of drug-likeness (QED) is 0.682. The van der Waals surface area contributed by atoms with Crippen LogP contribution in [0.2, 0.25) is 5.28 Å². The lowest BCUT2D eigenvalue weighted by Gasteiger charge is -2.20. The Labute approximate surface area is 89.5 Å². The minimum atomic E-state index is -1.28. The maximum Gasteiger partial charge on any atom is 0.350 e. The molecule has 0 aliphatic heterocycles. The molecule has 0 unspecified atom stereocenters. The fraction of sp³-hybridized carbons (Fsp3) is 0.429. The van der Waals surface area contributed by atoms with Crippen LogP contribution in [0.5, 0.6) is 0 Å². The van der Waals surface area contributed by atoms with E-state index >= 15 is 0 Å². The molecule has 0 aromatic carbocycles. The van der Waals surface area contributed by atoms with E-state index in [0.29, 0.717) is 0 Å². The van der Waals surface area contributed by atoms with Crippen LogP contribution >= 0.6 is 11.6 Å². The van der Waals surface area contributed by atoms with E-state index in [0.717, 1.165) is 0 Å². The molecule has 3 N–H and O–H groups in total. The summed E-state index contributed by atoms with van der Waals surface area (Å²) in [4.78, 5) is 30.8. The summed E-state index contributed by atoms with van der Waals surface area (Å²) in [6, 6.07) is 0. The number of aliphatic carboxylic acids is 1. The van der Waals surface area contributed by atoms with Gasteiger partial charge in [0.05, 0.1) is 0 Å². The molecule has 0 atom stereocenters. The van der Waals surface area contributed by atoms with Crippen molar-refractivity contribution in [1.82, 2.24) is 15.0 Å². The van der Waals surface area contributed by atoms with E-state index in [2.05, 4.69) is 20.3 Å². The second-order valence-corrected chi connectivity index (χ2v) is 3.68. The number of hydrogen-bond donors (Lipinski definition) is 3. The van der Waals surface area contributed by atoms with E-state index in [1.807, 2.05) is 0 Å². The van der Waals surface area contributed by atoms with Gasteiger partial charge in [0.15, 0.2) is 0 Å². The summed E-state index contributed by atoms with van der Waals surface area (Å²) in [6.07, 6.45) is 0. The third-order valence-corrected chi connectivity index (χ3v) is 1.76. The number of anilines is 1. The fourth-order valence-corrected chi connectivity index (χ4v) is 0.908. The van der Waals surface area contributed by atoms with E-state index in [4.69, 9.17) is 16.7 Å². The first kappa shape index (κ1) is 11.4. The van der Waals surface area contributed by atoms with Gasteiger partial charge >= 0.3 is 11.7 Å². The predicted molar refractivity (Wildman–Crippen MR) is 53.0 cm³/mol. The fourth-order valence-electron chi connectivity index (χ4n) is 0.747. The van der Waals surface area contributed by atoms with Crippen molar-refractivity contribution in [2.24, 2.45) is 0 Å². The Balaban J connectivity index is 2.99. The molecule has 0 amide bonds. The van der Waals surface area contributed by atoms with Gasteiger partial charge in [-0.3, -0.25) is 4.98 Å². The average molecular weight is 233 g/mol. The van der Waals surface area contributed by atoms with Crippen LogP contribution in [0.3, 0.4) is 0 Å². The number of H-pyrrole nitrogens is 1. The van der Waals surface area contributed by atoms with Crippen molar-refractivity contribution < 1.29 is 9.90 Å². The highest BCUT2D eigenvalue weighted by Crippen LogP contribution is 2.10. The van der Waals surface area contributed by atoms with Crippen LogP contribution < -0.4 is 11.0 Å². The van der Waals surface area contributed by atoms with Gasteiger partial charge < -0.3 is 10.4 Å². The highest BCUT2D eigenvalue weighted by atomic mass is 35.5. The topological polar surface area (TPSA) is 108 Å². The predicted octanol–water partition coefficient (Wildman–Crippen LogP) is 0.0934. The Morgan fingerprint density at radius 2 is 2.13 bits per heavy atom. The largest absolute Gasteiger partial charge is 0.480 e. The highest BCUT2D eigenvalue weighted by molar-refractivity contribution is 6.28. The Morgan fingerprint density at radius 1 is 1.53 bits per heavy atom. The SMILES string of the molecule is CC(C)(Nc1nc(Cl)[nH]c(=O)n1)C(=O)O. The lowest BCUT2D eigenvalue weighted by molar-refractivity contribution is -0.141. The number of aromatic nitrogens is 3. The molecule has 0 saturated heterocycles. The molecule has 1 heterocycles. The molecule has 15 heavy (non-hydrogen) atoms. The summed E-state index contributed by atoms with van der Waals surface area (Å²) in [7, 11) is 0. The zero-order valence-electron chi connectivity index (χ0n) is 8.04. The Bertz CT molecular complexity index is 442. The van der Waals surface area contributed by atoms with Crippen LogP contribution in [0, 0.1) is 0 Å². The Morgan fingerprint density at radius 3 is 2.60 bits per heavy atom. The van der Waals surface area contributed by atoms with Crippen molar-refractivity contribution in [3.8, 4) is 0 Å². The van der Waals surface area contributed by atoms with Gasteiger partial charge in [-0.15, -0.1) is 0 Å². The number of aromatic amines is 1. The molecule has 1 aromatic rings. The molecule has 0 fully saturated rings. The lowest BCUT2D eigenvalue weighted by Crippen LogP contribution is -2.41. The molecule has 0 saturated carbocycles. The van der Waals surface area contributed by atoms with Crippen molar-refractivity contribution in [2.75, 3.05) is 5.32 Å². The molecule has 8 heteroatoms. The third-order valence-electron chi connectivity index (χ3n) is 1.58. The zero-order chi connectivity index (χ0) is 11.6. The zero-order valence-corrected chi connectivity index (χ0v) is 8.79. The first-order valence-electron chi connectivity index (χ1n) is 3.97. The van der Waals surface area contributed by atoms with Crippen molar-refractivity contribution in [3.05, 3.63) is 15.8 Å². The molecule has 1 aromatic heterocycles. The first-order chi connectivity index (χ1) is 6.81. The van der Waals surface area contributed by atoms with Crippen molar-refractivity contribution in [3.63, 3.8) is 0 Å². The molecular formula is C7H9ClN4O3. The van der Waals surface area contributed by atoms with Gasteiger partial charge in [0.25, 0.3) is 0 Å². The first-order valence-corrected chi connectivity index (χ1v) is 4.34. The second-order valence-electron chi connectivity index (χ2n) is 3.32. The summed E-state index contributed by atoms with van der Waals surface area (Å²) in [6.45, 7) is 2.82. The average Bonchev–Trinajstić information content (AvgIpc) is 1.99. The summed E-state index contributed by atoms with van der Waals surface area (Å²) >= 11 is 5.46. The van der Waals surface area contributed by atoms with E-state index in [1.165, 1.54) is 13.8 Å². The van der Waals surface area contributed by atoms with E-state index in [1.54, 1.807) is 0 Å². The van der Waals surface area contributed by atoms with Gasteiger partial charge in [0.1, 0.15) is 5.54 Å². The van der Waals surface area contributed by atoms with Crippen LogP contribution in [0.1, 0.15) is 13.8 Å². The van der Waals surface area contributed by atoms with Crippen molar-refractivity contribution >= 4 is 23.5 Å². The van der Waals surface area contributed by atoms with Crippen molar-refractivity contribution in [2.45, 2.75) is 19.4 Å². The molecule has 0 aliphatic rings. The smallest absolute Gasteiger partial charge is 0.350 e. The summed E-state index contributed by atoms with van der Waals surface area (Å²) in [5.74, 6) is -1.22. The molecule has 7 nitrogen and oxygen atoms in total. The number of carboxylic acid groups (broad SMARTS) is 1. The van der Waals surface area contributed by atoms with Crippen molar-refractivity contribution in [1.29, 1.82) is 0 Å². The van der Waals surface area contributed by atoms with Gasteiger partial charge in [0, 0.05) is 0 Å². The molecule has 0 aliphatic carbocycles.